The number of ether oxygens (including phenoxy) is 1. The summed E-state index contributed by atoms with van der Waals surface area (Å²) in [7, 11) is 0. The zero-order chi connectivity index (χ0) is 15.2. The van der Waals surface area contributed by atoms with Gasteiger partial charge in [0.25, 0.3) is 5.91 Å². The molecule has 0 aromatic carbocycles. The fourth-order valence-corrected chi connectivity index (χ4v) is 3.47. The topological polar surface area (TPSA) is 89.3 Å². The standard InChI is InChI=1S/C14H19N5O3/c20-11-7-22-14(8-15-11)4-6-18(9-14)13(21)12-17-16-10-3-1-2-5-19(10)12/h1-9H2,(H,15,20). The van der Waals surface area contributed by atoms with Crippen LogP contribution in [0.1, 0.15) is 35.7 Å². The minimum Gasteiger partial charge on any atom is -0.361 e. The minimum atomic E-state index is -0.436. The summed E-state index contributed by atoms with van der Waals surface area (Å²) in [4.78, 5) is 25.7. The zero-order valence-electron chi connectivity index (χ0n) is 12.4. The van der Waals surface area contributed by atoms with Gasteiger partial charge in [-0.25, -0.2) is 0 Å². The smallest absolute Gasteiger partial charge is 0.291 e. The van der Waals surface area contributed by atoms with Crippen LogP contribution < -0.4 is 5.32 Å². The number of nitrogens with zero attached hydrogens (tertiary/aromatic N) is 4. The van der Waals surface area contributed by atoms with E-state index in [1.807, 2.05) is 4.57 Å². The molecule has 118 valence electrons. The Balaban J connectivity index is 1.50. The number of likely N-dealkylation sites (tertiary alicyclic amines) is 1. The monoisotopic (exact) mass is 305 g/mol. The van der Waals surface area contributed by atoms with Crippen molar-refractivity contribution in [3.05, 3.63) is 11.6 Å². The number of fused-ring (bicyclic) bond motifs is 1. The second-order valence-corrected chi connectivity index (χ2v) is 6.27. The Hall–Kier alpha value is -1.96. The molecular weight excluding hydrogens is 286 g/mol. The Morgan fingerprint density at radius 1 is 1.27 bits per heavy atom. The van der Waals surface area contributed by atoms with Gasteiger partial charge in [0.15, 0.2) is 0 Å². The first kappa shape index (κ1) is 13.7. The van der Waals surface area contributed by atoms with Crippen molar-refractivity contribution < 1.29 is 14.3 Å². The van der Waals surface area contributed by atoms with Gasteiger partial charge >= 0.3 is 0 Å². The van der Waals surface area contributed by atoms with Crippen LogP contribution in [0.5, 0.6) is 0 Å². The maximum Gasteiger partial charge on any atom is 0.291 e. The van der Waals surface area contributed by atoms with Crippen molar-refractivity contribution in [2.75, 3.05) is 26.2 Å². The molecule has 22 heavy (non-hydrogen) atoms. The molecule has 3 aliphatic rings. The third-order valence-electron chi connectivity index (χ3n) is 4.77. The molecule has 4 rings (SSSR count). The zero-order valence-corrected chi connectivity index (χ0v) is 12.4. The SMILES string of the molecule is O=C1COC2(CCN(C(=O)c3nnc4n3CCCC4)C2)CN1. The van der Waals surface area contributed by atoms with E-state index in [4.69, 9.17) is 4.74 Å². The number of aryl methyl sites for hydroxylation is 1. The van der Waals surface area contributed by atoms with Crippen molar-refractivity contribution in [3.8, 4) is 0 Å². The van der Waals surface area contributed by atoms with Crippen LogP contribution in [-0.2, 0) is 22.5 Å². The summed E-state index contributed by atoms with van der Waals surface area (Å²) in [6.45, 7) is 2.47. The second-order valence-electron chi connectivity index (χ2n) is 6.27. The van der Waals surface area contributed by atoms with Gasteiger partial charge in [-0.15, -0.1) is 10.2 Å². The molecule has 2 amide bonds. The third-order valence-corrected chi connectivity index (χ3v) is 4.77. The third kappa shape index (κ3) is 2.18. The van der Waals surface area contributed by atoms with E-state index in [0.29, 0.717) is 25.5 Å². The van der Waals surface area contributed by atoms with Crippen molar-refractivity contribution in [3.63, 3.8) is 0 Å². The molecule has 0 bridgehead atoms. The largest absolute Gasteiger partial charge is 0.361 e. The van der Waals surface area contributed by atoms with E-state index in [-0.39, 0.29) is 18.4 Å². The highest BCUT2D eigenvalue weighted by atomic mass is 16.5. The minimum absolute atomic E-state index is 0.0718. The van der Waals surface area contributed by atoms with Crippen LogP contribution in [0, 0.1) is 0 Å². The summed E-state index contributed by atoms with van der Waals surface area (Å²) >= 11 is 0. The number of amides is 2. The molecule has 8 nitrogen and oxygen atoms in total. The Labute approximate surface area is 127 Å². The van der Waals surface area contributed by atoms with Crippen molar-refractivity contribution in [1.29, 1.82) is 0 Å². The molecule has 1 aromatic heterocycles. The van der Waals surface area contributed by atoms with Crippen molar-refractivity contribution in [2.24, 2.45) is 0 Å². The second kappa shape index (κ2) is 5.05. The Morgan fingerprint density at radius 2 is 2.18 bits per heavy atom. The molecule has 0 aliphatic carbocycles. The van der Waals surface area contributed by atoms with E-state index < -0.39 is 5.60 Å². The highest BCUT2D eigenvalue weighted by molar-refractivity contribution is 5.91. The summed E-state index contributed by atoms with van der Waals surface area (Å²) in [6.07, 6.45) is 3.79. The summed E-state index contributed by atoms with van der Waals surface area (Å²) < 4.78 is 7.65. The fraction of sp³-hybridized carbons (Fsp3) is 0.714. The van der Waals surface area contributed by atoms with Gasteiger partial charge in [-0.05, 0) is 19.3 Å². The molecular formula is C14H19N5O3. The van der Waals surface area contributed by atoms with Gasteiger partial charge in [0, 0.05) is 26.1 Å². The van der Waals surface area contributed by atoms with E-state index in [2.05, 4.69) is 15.5 Å². The van der Waals surface area contributed by atoms with Crippen LogP contribution in [0.4, 0.5) is 0 Å². The van der Waals surface area contributed by atoms with Gasteiger partial charge in [0.2, 0.25) is 11.7 Å². The number of nitrogens with one attached hydrogen (secondary N) is 1. The van der Waals surface area contributed by atoms with E-state index >= 15 is 0 Å². The highest BCUT2D eigenvalue weighted by Gasteiger charge is 2.44. The molecule has 0 radical (unpaired) electrons. The lowest BCUT2D eigenvalue weighted by Crippen LogP contribution is -2.54. The van der Waals surface area contributed by atoms with Crippen LogP contribution in [0.2, 0.25) is 0 Å². The predicted molar refractivity (Wildman–Crippen MR) is 75.2 cm³/mol. The fourth-order valence-electron chi connectivity index (χ4n) is 3.47. The summed E-state index contributed by atoms with van der Waals surface area (Å²) in [5.41, 5.74) is -0.436. The average molecular weight is 305 g/mol. The summed E-state index contributed by atoms with van der Waals surface area (Å²) in [5, 5.41) is 11.1. The lowest BCUT2D eigenvalue weighted by Gasteiger charge is -2.33. The maximum atomic E-state index is 12.7. The molecule has 4 heterocycles. The lowest BCUT2D eigenvalue weighted by molar-refractivity contribution is -0.141. The van der Waals surface area contributed by atoms with Gasteiger partial charge in [-0.3, -0.25) is 9.59 Å². The Bertz CT molecular complexity index is 616. The highest BCUT2D eigenvalue weighted by Crippen LogP contribution is 2.28. The van der Waals surface area contributed by atoms with Crippen LogP contribution in [0.3, 0.4) is 0 Å². The average Bonchev–Trinajstić information content (AvgIpc) is 3.15. The first-order valence-corrected chi connectivity index (χ1v) is 7.79. The van der Waals surface area contributed by atoms with E-state index in [1.165, 1.54) is 0 Å². The number of carbonyl (C=O) groups excluding carboxylic acids is 2. The first-order valence-electron chi connectivity index (χ1n) is 7.79. The molecule has 2 saturated heterocycles. The van der Waals surface area contributed by atoms with Gasteiger partial charge in [-0.1, -0.05) is 0 Å². The molecule has 1 unspecified atom stereocenters. The van der Waals surface area contributed by atoms with Gasteiger partial charge in [0.1, 0.15) is 18.0 Å². The number of hydrogen-bond acceptors (Lipinski definition) is 5. The molecule has 1 spiro atoms. The quantitative estimate of drug-likeness (QED) is 0.744. The summed E-state index contributed by atoms with van der Waals surface area (Å²) in [6, 6.07) is 0. The maximum absolute atomic E-state index is 12.7. The van der Waals surface area contributed by atoms with Crippen molar-refractivity contribution in [2.45, 2.75) is 37.8 Å². The number of morpholine rings is 1. The Morgan fingerprint density at radius 3 is 3.00 bits per heavy atom. The van der Waals surface area contributed by atoms with Gasteiger partial charge < -0.3 is 19.5 Å². The van der Waals surface area contributed by atoms with Crippen molar-refractivity contribution in [1.82, 2.24) is 25.0 Å². The lowest BCUT2D eigenvalue weighted by atomic mass is 10.0. The normalized spacial score (nSPS) is 27.8. The van der Waals surface area contributed by atoms with Crippen LogP contribution >= 0.6 is 0 Å². The van der Waals surface area contributed by atoms with Gasteiger partial charge in [0.05, 0.1) is 6.54 Å². The van der Waals surface area contributed by atoms with Crippen molar-refractivity contribution >= 4 is 11.8 Å². The van der Waals surface area contributed by atoms with E-state index in [1.54, 1.807) is 4.90 Å². The molecule has 3 aliphatic heterocycles. The number of carbonyl (C=O) groups is 2. The van der Waals surface area contributed by atoms with E-state index in [0.717, 1.165) is 38.1 Å². The molecule has 1 N–H and O–H groups in total. The van der Waals surface area contributed by atoms with Crippen LogP contribution in [-0.4, -0.2) is 63.3 Å². The number of aromatic nitrogens is 3. The predicted octanol–water partition coefficient (Wildman–Crippen LogP) is -0.654. The molecule has 8 heteroatoms. The number of hydrogen-bond donors (Lipinski definition) is 1. The van der Waals surface area contributed by atoms with Crippen LogP contribution in [0.15, 0.2) is 0 Å². The first-order chi connectivity index (χ1) is 10.7. The molecule has 0 saturated carbocycles. The number of rotatable bonds is 1. The van der Waals surface area contributed by atoms with Crippen LogP contribution in [0.25, 0.3) is 0 Å². The Kier molecular flexibility index (Phi) is 3.14. The van der Waals surface area contributed by atoms with Gasteiger partial charge in [-0.2, -0.15) is 0 Å². The molecule has 2 fully saturated rings. The molecule has 1 aromatic rings. The van der Waals surface area contributed by atoms with E-state index in [9.17, 15) is 9.59 Å². The molecule has 1 atom stereocenters. The summed E-state index contributed by atoms with van der Waals surface area (Å²) in [5.74, 6) is 1.16.